The first-order valence-electron chi connectivity index (χ1n) is 5.83. The van der Waals surface area contributed by atoms with Gasteiger partial charge in [0.15, 0.2) is 0 Å². The molecule has 112 valence electrons. The molecule has 0 atom stereocenters. The number of aromatic nitrogens is 1. The molecule has 0 amide bonds. The van der Waals surface area contributed by atoms with Crippen molar-refractivity contribution in [3.63, 3.8) is 0 Å². The van der Waals surface area contributed by atoms with E-state index in [1.807, 2.05) is 0 Å². The average Bonchev–Trinajstić information content (AvgIpc) is 2.46. The van der Waals surface area contributed by atoms with Gasteiger partial charge in [0.2, 0.25) is 5.95 Å². The number of halogens is 1. The van der Waals surface area contributed by atoms with Gasteiger partial charge in [0.1, 0.15) is 22.2 Å². The van der Waals surface area contributed by atoms with E-state index in [2.05, 4.69) is 9.71 Å². The first kappa shape index (κ1) is 15.0. The van der Waals surface area contributed by atoms with Crippen molar-refractivity contribution in [3.05, 3.63) is 42.3 Å². The number of hydrogen-bond donors (Lipinski definition) is 1. The van der Waals surface area contributed by atoms with Crippen molar-refractivity contribution >= 4 is 15.8 Å². The Labute approximate surface area is 121 Å². The number of hydrogen-bond acceptors (Lipinski definition) is 5. The fourth-order valence-corrected chi connectivity index (χ4v) is 2.84. The van der Waals surface area contributed by atoms with Gasteiger partial charge in [-0.05, 0) is 24.3 Å². The Balaban J connectivity index is 2.43. The molecule has 1 aromatic carbocycles. The maximum Gasteiger partial charge on any atom is 0.266 e. The van der Waals surface area contributed by atoms with E-state index in [1.165, 1.54) is 38.5 Å². The Morgan fingerprint density at radius 1 is 1.14 bits per heavy atom. The number of nitrogens with zero attached hydrogens (tertiary/aromatic N) is 1. The highest BCUT2D eigenvalue weighted by atomic mass is 32.2. The monoisotopic (exact) mass is 312 g/mol. The molecule has 0 aliphatic rings. The molecule has 0 unspecified atom stereocenters. The second kappa shape index (κ2) is 5.96. The molecule has 0 fully saturated rings. The lowest BCUT2D eigenvalue weighted by molar-refractivity contribution is 0.392. The van der Waals surface area contributed by atoms with Crippen molar-refractivity contribution in [1.29, 1.82) is 0 Å². The standard InChI is InChI=1S/C13H13FN2O4S/c1-19-9-6-7-10(20-2)11(8-9)21(17,18)16-13-5-3-4-12(14)15-13/h3-8H,1-2H3,(H,15,16). The number of ether oxygens (including phenoxy) is 2. The predicted octanol–water partition coefficient (Wildman–Crippen LogP) is 2.04. The Bertz CT molecular complexity index is 750. The van der Waals surface area contributed by atoms with Crippen molar-refractivity contribution in [2.75, 3.05) is 18.9 Å². The molecule has 0 aliphatic carbocycles. The van der Waals surface area contributed by atoms with Crippen LogP contribution in [0.15, 0.2) is 41.3 Å². The van der Waals surface area contributed by atoms with Crippen LogP contribution in [0.5, 0.6) is 11.5 Å². The Morgan fingerprint density at radius 3 is 2.52 bits per heavy atom. The minimum absolute atomic E-state index is 0.125. The first-order valence-corrected chi connectivity index (χ1v) is 7.32. The lowest BCUT2D eigenvalue weighted by Gasteiger charge is -2.12. The lowest BCUT2D eigenvalue weighted by atomic mass is 10.3. The number of pyridine rings is 1. The van der Waals surface area contributed by atoms with Gasteiger partial charge in [-0.25, -0.2) is 13.4 Å². The molecular formula is C13H13FN2O4S. The van der Waals surface area contributed by atoms with Gasteiger partial charge in [0.05, 0.1) is 14.2 Å². The Morgan fingerprint density at radius 2 is 1.90 bits per heavy atom. The van der Waals surface area contributed by atoms with E-state index < -0.39 is 16.0 Å². The third kappa shape index (κ3) is 3.40. The van der Waals surface area contributed by atoms with Crippen LogP contribution in [-0.2, 0) is 10.0 Å². The van der Waals surface area contributed by atoms with Gasteiger partial charge < -0.3 is 9.47 Å². The normalized spacial score (nSPS) is 11.0. The highest BCUT2D eigenvalue weighted by Crippen LogP contribution is 2.29. The lowest BCUT2D eigenvalue weighted by Crippen LogP contribution is -2.15. The van der Waals surface area contributed by atoms with Crippen molar-refractivity contribution < 1.29 is 22.3 Å². The number of sulfonamides is 1. The zero-order valence-electron chi connectivity index (χ0n) is 11.3. The summed E-state index contributed by atoms with van der Waals surface area (Å²) >= 11 is 0. The zero-order valence-corrected chi connectivity index (χ0v) is 12.1. The molecule has 0 saturated heterocycles. The van der Waals surface area contributed by atoms with Crippen molar-refractivity contribution in [2.24, 2.45) is 0 Å². The van der Waals surface area contributed by atoms with Crippen molar-refractivity contribution in [2.45, 2.75) is 4.90 Å². The van der Waals surface area contributed by atoms with E-state index in [0.29, 0.717) is 5.75 Å². The third-order valence-electron chi connectivity index (χ3n) is 2.61. The van der Waals surface area contributed by atoms with Crippen LogP contribution >= 0.6 is 0 Å². The fraction of sp³-hybridized carbons (Fsp3) is 0.154. The first-order chi connectivity index (χ1) is 9.96. The minimum Gasteiger partial charge on any atom is -0.497 e. The van der Waals surface area contributed by atoms with E-state index in [0.717, 1.165) is 6.07 Å². The van der Waals surface area contributed by atoms with Crippen LogP contribution in [0.1, 0.15) is 0 Å². The largest absolute Gasteiger partial charge is 0.497 e. The highest BCUT2D eigenvalue weighted by molar-refractivity contribution is 7.92. The summed E-state index contributed by atoms with van der Waals surface area (Å²) in [6, 6.07) is 8.14. The van der Waals surface area contributed by atoms with E-state index >= 15 is 0 Å². The van der Waals surface area contributed by atoms with Gasteiger partial charge >= 0.3 is 0 Å². The molecule has 0 saturated carbocycles. The molecule has 2 aromatic rings. The number of nitrogens with one attached hydrogen (secondary N) is 1. The summed E-state index contributed by atoms with van der Waals surface area (Å²) in [6.45, 7) is 0. The second-order valence-electron chi connectivity index (χ2n) is 3.97. The third-order valence-corrected chi connectivity index (χ3v) is 3.99. The maximum absolute atomic E-state index is 13.0. The van der Waals surface area contributed by atoms with Crippen LogP contribution in [0, 0.1) is 5.95 Å². The SMILES string of the molecule is COc1ccc(OC)c(S(=O)(=O)Nc2cccc(F)n2)c1. The number of rotatable bonds is 5. The quantitative estimate of drug-likeness (QED) is 0.855. The van der Waals surface area contributed by atoms with Crippen LogP contribution in [0.25, 0.3) is 0 Å². The fourth-order valence-electron chi connectivity index (χ4n) is 1.65. The molecule has 0 radical (unpaired) electrons. The van der Waals surface area contributed by atoms with Gasteiger partial charge in [-0.3, -0.25) is 4.72 Å². The topological polar surface area (TPSA) is 77.5 Å². The molecular weight excluding hydrogens is 299 g/mol. The molecule has 0 spiro atoms. The summed E-state index contributed by atoms with van der Waals surface area (Å²) < 4.78 is 49.9. The average molecular weight is 312 g/mol. The zero-order chi connectivity index (χ0) is 15.5. The summed E-state index contributed by atoms with van der Waals surface area (Å²) in [5, 5.41) is 0. The summed E-state index contributed by atoms with van der Waals surface area (Å²) in [4.78, 5) is 3.32. The molecule has 6 nitrogen and oxygen atoms in total. The predicted molar refractivity (Wildman–Crippen MR) is 74.5 cm³/mol. The van der Waals surface area contributed by atoms with Crippen LogP contribution in [0.2, 0.25) is 0 Å². The van der Waals surface area contributed by atoms with E-state index in [1.54, 1.807) is 6.07 Å². The molecule has 1 aromatic heterocycles. The van der Waals surface area contributed by atoms with Crippen LogP contribution in [0.4, 0.5) is 10.2 Å². The second-order valence-corrected chi connectivity index (χ2v) is 5.62. The van der Waals surface area contributed by atoms with Crippen LogP contribution in [-0.4, -0.2) is 27.6 Å². The van der Waals surface area contributed by atoms with Crippen molar-refractivity contribution in [3.8, 4) is 11.5 Å². The molecule has 8 heteroatoms. The number of methoxy groups -OCH3 is 2. The minimum atomic E-state index is -3.99. The highest BCUT2D eigenvalue weighted by Gasteiger charge is 2.21. The molecule has 0 bridgehead atoms. The molecule has 2 rings (SSSR count). The van der Waals surface area contributed by atoms with Gasteiger partial charge in [-0.15, -0.1) is 0 Å². The van der Waals surface area contributed by atoms with E-state index in [-0.39, 0.29) is 16.5 Å². The van der Waals surface area contributed by atoms with Gasteiger partial charge in [0.25, 0.3) is 10.0 Å². The van der Waals surface area contributed by atoms with E-state index in [9.17, 15) is 12.8 Å². The maximum atomic E-state index is 13.0. The van der Waals surface area contributed by atoms with Crippen LogP contribution in [0.3, 0.4) is 0 Å². The Kier molecular flexibility index (Phi) is 4.27. The smallest absolute Gasteiger partial charge is 0.266 e. The number of benzene rings is 1. The Hall–Kier alpha value is -2.35. The van der Waals surface area contributed by atoms with Gasteiger partial charge in [-0.2, -0.15) is 4.39 Å². The molecule has 21 heavy (non-hydrogen) atoms. The molecule has 1 heterocycles. The van der Waals surface area contributed by atoms with Gasteiger partial charge in [0, 0.05) is 6.07 Å². The molecule has 1 N–H and O–H groups in total. The van der Waals surface area contributed by atoms with Crippen molar-refractivity contribution in [1.82, 2.24) is 4.98 Å². The summed E-state index contributed by atoms with van der Waals surface area (Å²) in [7, 11) is -1.22. The summed E-state index contributed by atoms with van der Waals surface area (Å²) in [6.07, 6.45) is 0. The van der Waals surface area contributed by atoms with E-state index in [4.69, 9.17) is 9.47 Å². The van der Waals surface area contributed by atoms with Gasteiger partial charge in [-0.1, -0.05) is 6.07 Å². The van der Waals surface area contributed by atoms with Crippen LogP contribution < -0.4 is 14.2 Å². The summed E-state index contributed by atoms with van der Waals surface area (Å²) in [5.74, 6) is -0.421. The number of anilines is 1. The summed E-state index contributed by atoms with van der Waals surface area (Å²) in [5.41, 5.74) is 0. The molecule has 0 aliphatic heterocycles.